The predicted molar refractivity (Wildman–Crippen MR) is 75.6 cm³/mol. The minimum absolute atomic E-state index is 0.0673. The monoisotopic (exact) mass is 274 g/mol. The SMILES string of the molecule is N#CC1(C(=O)NCCCCn2ccnc2)CCCCC1. The third-order valence-corrected chi connectivity index (χ3v) is 4.04. The van der Waals surface area contributed by atoms with Crippen molar-refractivity contribution in [2.24, 2.45) is 5.41 Å². The minimum atomic E-state index is -0.761. The molecular formula is C15H22N4O. The van der Waals surface area contributed by atoms with Gasteiger partial charge in [-0.1, -0.05) is 19.3 Å². The second-order valence-corrected chi connectivity index (χ2v) is 5.52. The number of aryl methyl sites for hydroxylation is 1. The maximum atomic E-state index is 12.2. The average Bonchev–Trinajstić information content (AvgIpc) is 3.00. The van der Waals surface area contributed by atoms with Crippen LogP contribution in [0.1, 0.15) is 44.9 Å². The molecule has 0 aliphatic heterocycles. The standard InChI is InChI=1S/C15H22N4O/c16-12-15(6-2-1-3-7-15)14(20)18-8-4-5-10-19-11-9-17-13-19/h9,11,13H,1-8,10H2,(H,18,20). The van der Waals surface area contributed by atoms with E-state index in [1.807, 2.05) is 10.8 Å². The average molecular weight is 274 g/mol. The molecule has 0 radical (unpaired) electrons. The molecule has 1 aromatic heterocycles. The molecule has 1 aliphatic carbocycles. The van der Waals surface area contributed by atoms with E-state index < -0.39 is 5.41 Å². The smallest absolute Gasteiger partial charge is 0.240 e. The number of amides is 1. The van der Waals surface area contributed by atoms with Crippen LogP contribution in [0.25, 0.3) is 0 Å². The third-order valence-electron chi connectivity index (χ3n) is 4.04. The molecule has 1 amide bonds. The molecular weight excluding hydrogens is 252 g/mol. The zero-order valence-electron chi connectivity index (χ0n) is 11.8. The Morgan fingerprint density at radius 3 is 2.80 bits per heavy atom. The van der Waals surface area contributed by atoms with Crippen LogP contribution >= 0.6 is 0 Å². The van der Waals surface area contributed by atoms with Gasteiger partial charge < -0.3 is 9.88 Å². The van der Waals surface area contributed by atoms with E-state index in [1.165, 1.54) is 0 Å². The quantitative estimate of drug-likeness (QED) is 0.809. The van der Waals surface area contributed by atoms with Gasteiger partial charge in [0.15, 0.2) is 0 Å². The van der Waals surface area contributed by atoms with Gasteiger partial charge in [0, 0.05) is 25.5 Å². The van der Waals surface area contributed by atoms with Gasteiger partial charge >= 0.3 is 0 Å². The van der Waals surface area contributed by atoms with Crippen molar-refractivity contribution < 1.29 is 4.79 Å². The highest BCUT2D eigenvalue weighted by atomic mass is 16.2. The molecule has 0 saturated heterocycles. The van der Waals surface area contributed by atoms with Crippen molar-refractivity contribution in [3.8, 4) is 6.07 Å². The summed E-state index contributed by atoms with van der Waals surface area (Å²) in [4.78, 5) is 16.2. The van der Waals surface area contributed by atoms with Crippen LogP contribution in [-0.2, 0) is 11.3 Å². The van der Waals surface area contributed by atoms with Crippen LogP contribution in [0.5, 0.6) is 0 Å². The number of carbonyl (C=O) groups is 1. The summed E-state index contributed by atoms with van der Waals surface area (Å²) in [7, 11) is 0. The van der Waals surface area contributed by atoms with E-state index >= 15 is 0 Å². The summed E-state index contributed by atoms with van der Waals surface area (Å²) in [5.74, 6) is -0.0673. The van der Waals surface area contributed by atoms with Crippen LogP contribution in [0.3, 0.4) is 0 Å². The highest BCUT2D eigenvalue weighted by molar-refractivity contribution is 5.85. The number of nitrogens with one attached hydrogen (secondary N) is 1. The van der Waals surface area contributed by atoms with Crippen LogP contribution in [0.2, 0.25) is 0 Å². The van der Waals surface area contributed by atoms with E-state index in [-0.39, 0.29) is 5.91 Å². The van der Waals surface area contributed by atoms with E-state index in [9.17, 15) is 10.1 Å². The lowest BCUT2D eigenvalue weighted by atomic mass is 9.74. The third kappa shape index (κ3) is 3.60. The van der Waals surface area contributed by atoms with Crippen molar-refractivity contribution >= 4 is 5.91 Å². The number of carbonyl (C=O) groups excluding carboxylic acids is 1. The number of imidazole rings is 1. The molecule has 1 fully saturated rings. The van der Waals surface area contributed by atoms with Crippen molar-refractivity contribution in [3.05, 3.63) is 18.7 Å². The molecule has 1 heterocycles. The van der Waals surface area contributed by atoms with Crippen molar-refractivity contribution in [1.82, 2.24) is 14.9 Å². The number of nitrogens with zero attached hydrogens (tertiary/aromatic N) is 3. The molecule has 1 aromatic rings. The number of aromatic nitrogens is 2. The normalized spacial score (nSPS) is 17.4. The van der Waals surface area contributed by atoms with Gasteiger partial charge in [-0.05, 0) is 25.7 Å². The molecule has 0 atom stereocenters. The molecule has 20 heavy (non-hydrogen) atoms. The fraction of sp³-hybridized carbons (Fsp3) is 0.667. The zero-order valence-corrected chi connectivity index (χ0v) is 11.8. The van der Waals surface area contributed by atoms with Crippen LogP contribution in [-0.4, -0.2) is 22.0 Å². The molecule has 0 unspecified atom stereocenters. The summed E-state index contributed by atoms with van der Waals surface area (Å²) < 4.78 is 2.03. The molecule has 0 aromatic carbocycles. The Hall–Kier alpha value is -1.83. The molecule has 5 nitrogen and oxygen atoms in total. The number of unbranched alkanes of at least 4 members (excludes halogenated alkanes) is 1. The van der Waals surface area contributed by atoms with Crippen LogP contribution in [0, 0.1) is 16.7 Å². The first-order valence-corrected chi connectivity index (χ1v) is 7.42. The van der Waals surface area contributed by atoms with Crippen molar-refractivity contribution in [2.45, 2.75) is 51.5 Å². The van der Waals surface area contributed by atoms with Gasteiger partial charge in [0.05, 0.1) is 12.4 Å². The van der Waals surface area contributed by atoms with Crippen molar-refractivity contribution in [1.29, 1.82) is 5.26 Å². The molecule has 108 valence electrons. The highest BCUT2D eigenvalue weighted by Crippen LogP contribution is 2.35. The Bertz CT molecular complexity index is 455. The van der Waals surface area contributed by atoms with Gasteiger partial charge in [0.25, 0.3) is 0 Å². The lowest BCUT2D eigenvalue weighted by Crippen LogP contribution is -2.41. The first kappa shape index (κ1) is 14.6. The van der Waals surface area contributed by atoms with Crippen molar-refractivity contribution in [2.75, 3.05) is 6.54 Å². The van der Waals surface area contributed by atoms with Crippen LogP contribution in [0.15, 0.2) is 18.7 Å². The lowest BCUT2D eigenvalue weighted by molar-refractivity contribution is -0.129. The first-order chi connectivity index (χ1) is 9.77. The van der Waals surface area contributed by atoms with E-state index in [0.717, 1.165) is 38.6 Å². The number of hydrogen-bond donors (Lipinski definition) is 1. The maximum absolute atomic E-state index is 12.2. The van der Waals surface area contributed by atoms with Gasteiger partial charge in [-0.25, -0.2) is 4.98 Å². The fourth-order valence-electron chi connectivity index (χ4n) is 2.75. The summed E-state index contributed by atoms with van der Waals surface area (Å²) in [5.41, 5.74) is -0.761. The molecule has 1 saturated carbocycles. The second-order valence-electron chi connectivity index (χ2n) is 5.52. The maximum Gasteiger partial charge on any atom is 0.240 e. The topological polar surface area (TPSA) is 70.7 Å². The fourth-order valence-corrected chi connectivity index (χ4v) is 2.75. The predicted octanol–water partition coefficient (Wildman–Crippen LogP) is 2.25. The Morgan fingerprint density at radius 1 is 1.35 bits per heavy atom. The second kappa shape index (κ2) is 7.09. The van der Waals surface area contributed by atoms with E-state index in [4.69, 9.17) is 0 Å². The Kier molecular flexibility index (Phi) is 5.16. The van der Waals surface area contributed by atoms with Gasteiger partial charge in [-0.2, -0.15) is 5.26 Å². The Labute approximate surface area is 120 Å². The number of rotatable bonds is 6. The lowest BCUT2D eigenvalue weighted by Gasteiger charge is -2.29. The number of nitriles is 1. The largest absolute Gasteiger partial charge is 0.355 e. The summed E-state index contributed by atoms with van der Waals surface area (Å²) in [5, 5.41) is 12.3. The molecule has 1 N–H and O–H groups in total. The first-order valence-electron chi connectivity index (χ1n) is 7.42. The molecule has 2 rings (SSSR count). The van der Waals surface area contributed by atoms with Gasteiger partial charge in [-0.15, -0.1) is 0 Å². The summed E-state index contributed by atoms with van der Waals surface area (Å²) >= 11 is 0. The molecule has 1 aliphatic rings. The summed E-state index contributed by atoms with van der Waals surface area (Å²) in [6, 6.07) is 2.26. The highest BCUT2D eigenvalue weighted by Gasteiger charge is 2.39. The van der Waals surface area contributed by atoms with Gasteiger partial charge in [-0.3, -0.25) is 4.79 Å². The van der Waals surface area contributed by atoms with Crippen LogP contribution in [0.4, 0.5) is 0 Å². The molecule has 0 spiro atoms. The van der Waals surface area contributed by atoms with E-state index in [2.05, 4.69) is 16.4 Å². The van der Waals surface area contributed by atoms with Gasteiger partial charge in [0.2, 0.25) is 5.91 Å². The van der Waals surface area contributed by atoms with E-state index in [0.29, 0.717) is 19.4 Å². The van der Waals surface area contributed by atoms with E-state index in [1.54, 1.807) is 12.5 Å². The molecule has 0 bridgehead atoms. The molecule has 5 heteroatoms. The summed E-state index contributed by atoms with van der Waals surface area (Å²) in [6.07, 6.45) is 12.0. The van der Waals surface area contributed by atoms with Crippen molar-refractivity contribution in [3.63, 3.8) is 0 Å². The van der Waals surface area contributed by atoms with Crippen LogP contribution < -0.4 is 5.32 Å². The Balaban J connectivity index is 1.68. The Morgan fingerprint density at radius 2 is 2.15 bits per heavy atom. The minimum Gasteiger partial charge on any atom is -0.355 e. The zero-order chi connectivity index (χ0) is 14.3. The van der Waals surface area contributed by atoms with Gasteiger partial charge in [0.1, 0.15) is 5.41 Å². The number of hydrogen-bond acceptors (Lipinski definition) is 3. The summed E-state index contributed by atoms with van der Waals surface area (Å²) in [6.45, 7) is 1.57.